The molecule has 0 unspecified atom stereocenters. The Morgan fingerprint density at radius 2 is 0.569 bits per heavy atom. The van der Waals surface area contributed by atoms with Gasteiger partial charge in [-0.1, -0.05) is 220 Å². The average molecular weight is 922 g/mol. The van der Waals surface area contributed by atoms with Crippen LogP contribution in [0.5, 0.6) is 0 Å². The highest BCUT2D eigenvalue weighted by Crippen LogP contribution is 2.18. The Hall–Kier alpha value is -1.22. The van der Waals surface area contributed by atoms with Crippen LogP contribution in [-0.2, 0) is 9.59 Å². The molecule has 8 nitrogen and oxygen atoms in total. The zero-order valence-corrected chi connectivity index (χ0v) is 44.4. The highest BCUT2D eigenvalue weighted by atomic mass is 16.3. The summed E-state index contributed by atoms with van der Waals surface area (Å²) in [5, 5.41) is 25.9. The molecular weight excluding hydrogens is 805 g/mol. The van der Waals surface area contributed by atoms with Crippen LogP contribution < -0.4 is 10.6 Å². The molecule has 4 N–H and O–H groups in total. The van der Waals surface area contributed by atoms with Crippen LogP contribution in [0.15, 0.2) is 0 Å². The van der Waals surface area contributed by atoms with Crippen LogP contribution in [0.3, 0.4) is 0 Å². The lowest BCUT2D eigenvalue weighted by Crippen LogP contribution is -2.34. The normalized spacial score (nSPS) is 11.8. The summed E-state index contributed by atoms with van der Waals surface area (Å²) in [5.41, 5.74) is 0. The maximum absolute atomic E-state index is 13.0. The van der Waals surface area contributed by atoms with Crippen molar-refractivity contribution in [2.45, 2.75) is 303 Å². The molecule has 0 saturated heterocycles. The van der Waals surface area contributed by atoms with Crippen molar-refractivity contribution in [3.63, 3.8) is 0 Å². The molecule has 0 aromatic rings. The van der Waals surface area contributed by atoms with Gasteiger partial charge in [0.15, 0.2) is 0 Å². The van der Waals surface area contributed by atoms with E-state index >= 15 is 0 Å². The first-order valence-electron chi connectivity index (χ1n) is 29.2. The topological polar surface area (TPSA) is 105 Å². The minimum absolute atomic E-state index is 0.130. The van der Waals surface area contributed by atoms with Gasteiger partial charge in [-0.05, 0) is 84.0 Å². The molecule has 0 rings (SSSR count). The largest absolute Gasteiger partial charge is 0.395 e. The zero-order chi connectivity index (χ0) is 47.5. The second-order valence-electron chi connectivity index (χ2n) is 20.3. The first kappa shape index (κ1) is 63.8. The van der Waals surface area contributed by atoms with Gasteiger partial charge in [0.1, 0.15) is 0 Å². The number of amides is 2. The van der Waals surface area contributed by atoms with E-state index in [4.69, 9.17) is 0 Å². The summed E-state index contributed by atoms with van der Waals surface area (Å²) in [6, 6.07) is 0.710. The van der Waals surface area contributed by atoms with E-state index in [1.54, 1.807) is 0 Å². The van der Waals surface area contributed by atoms with Gasteiger partial charge in [-0.3, -0.25) is 14.5 Å². The van der Waals surface area contributed by atoms with Crippen LogP contribution in [0.1, 0.15) is 291 Å². The Balaban J connectivity index is 4.69. The van der Waals surface area contributed by atoms with Crippen molar-refractivity contribution in [2.75, 3.05) is 52.5 Å². The molecule has 0 aliphatic heterocycles. The summed E-state index contributed by atoms with van der Waals surface area (Å²) in [5.74, 6) is 0.535. The predicted octanol–water partition coefficient (Wildman–Crippen LogP) is 14.6. The summed E-state index contributed by atoms with van der Waals surface area (Å²) < 4.78 is 0. The molecule has 0 atom stereocenters. The van der Waals surface area contributed by atoms with Gasteiger partial charge in [-0.15, -0.1) is 0 Å². The van der Waals surface area contributed by atoms with Crippen LogP contribution >= 0.6 is 0 Å². The standard InChI is InChI=1S/C57H116N4O4/c1-5-9-13-17-23-31-40-54(41-32-24-18-14-10-6-2)58-56(64)44-35-27-21-29-37-46-60(48-39-49-61(50-52-62)51-53-63)47-38-30-22-28-36-45-57(65)59-55(42-33-25-19-15-11-7-3)43-34-26-20-16-12-8-4/h54-55,62-63H,5-53H2,1-4H3,(H,58,64)(H,59,65). The monoisotopic (exact) mass is 921 g/mol. The maximum Gasteiger partial charge on any atom is 0.220 e. The lowest BCUT2D eigenvalue weighted by Gasteiger charge is -2.25. The lowest BCUT2D eigenvalue weighted by molar-refractivity contribution is -0.122. The highest BCUT2D eigenvalue weighted by molar-refractivity contribution is 5.76. The van der Waals surface area contributed by atoms with Crippen LogP contribution in [0.25, 0.3) is 0 Å². The van der Waals surface area contributed by atoms with Crippen molar-refractivity contribution in [3.05, 3.63) is 0 Å². The van der Waals surface area contributed by atoms with E-state index in [2.05, 4.69) is 48.1 Å². The molecule has 0 bridgehead atoms. The lowest BCUT2D eigenvalue weighted by atomic mass is 9.99. The summed E-state index contributed by atoms with van der Waals surface area (Å²) >= 11 is 0. The van der Waals surface area contributed by atoms with Gasteiger partial charge < -0.3 is 25.7 Å². The van der Waals surface area contributed by atoms with Crippen molar-refractivity contribution < 1.29 is 19.8 Å². The van der Waals surface area contributed by atoms with E-state index in [0.717, 1.165) is 84.0 Å². The first-order valence-corrected chi connectivity index (χ1v) is 29.2. The van der Waals surface area contributed by atoms with Gasteiger partial charge in [-0.2, -0.15) is 0 Å². The number of aliphatic hydroxyl groups excluding tert-OH is 2. The molecule has 0 aromatic carbocycles. The maximum atomic E-state index is 13.0. The fraction of sp³-hybridized carbons (Fsp3) is 0.965. The molecule has 8 heteroatoms. The van der Waals surface area contributed by atoms with Gasteiger partial charge >= 0.3 is 0 Å². The van der Waals surface area contributed by atoms with Gasteiger partial charge in [0.05, 0.1) is 13.2 Å². The quantitative estimate of drug-likeness (QED) is 0.0453. The van der Waals surface area contributed by atoms with Crippen LogP contribution in [-0.4, -0.2) is 96.4 Å². The van der Waals surface area contributed by atoms with Crippen molar-refractivity contribution >= 4 is 11.8 Å². The molecule has 0 aliphatic rings. The minimum Gasteiger partial charge on any atom is -0.395 e. The smallest absolute Gasteiger partial charge is 0.220 e. The van der Waals surface area contributed by atoms with E-state index in [0.29, 0.717) is 38.0 Å². The second-order valence-corrected chi connectivity index (χ2v) is 20.3. The number of nitrogens with zero attached hydrogens (tertiary/aromatic N) is 2. The third kappa shape index (κ3) is 46.3. The number of hydrogen-bond donors (Lipinski definition) is 4. The second kappa shape index (κ2) is 52.2. The third-order valence-electron chi connectivity index (χ3n) is 13.9. The summed E-state index contributed by atoms with van der Waals surface area (Å²) in [6.45, 7) is 14.8. The number of rotatable bonds is 54. The highest BCUT2D eigenvalue weighted by Gasteiger charge is 2.14. The van der Waals surface area contributed by atoms with E-state index in [1.165, 1.54) is 193 Å². The number of nitrogens with one attached hydrogen (secondary N) is 2. The fourth-order valence-corrected chi connectivity index (χ4v) is 9.64. The Labute approximate surface area is 406 Å². The van der Waals surface area contributed by atoms with Gasteiger partial charge in [0.25, 0.3) is 0 Å². The third-order valence-corrected chi connectivity index (χ3v) is 13.9. The number of aliphatic hydroxyl groups is 2. The predicted molar refractivity (Wildman–Crippen MR) is 283 cm³/mol. The van der Waals surface area contributed by atoms with Crippen molar-refractivity contribution in [1.82, 2.24) is 20.4 Å². The van der Waals surface area contributed by atoms with Gasteiger partial charge in [0, 0.05) is 38.0 Å². The Morgan fingerprint density at radius 1 is 0.323 bits per heavy atom. The zero-order valence-electron chi connectivity index (χ0n) is 44.4. The molecule has 0 aliphatic carbocycles. The number of carbonyl (C=O) groups excluding carboxylic acids is 2. The molecule has 0 saturated carbocycles. The van der Waals surface area contributed by atoms with Crippen LogP contribution in [0.2, 0.25) is 0 Å². The van der Waals surface area contributed by atoms with E-state index < -0.39 is 0 Å². The van der Waals surface area contributed by atoms with Gasteiger partial charge in [0.2, 0.25) is 11.8 Å². The molecule has 0 fully saturated rings. The number of carbonyl (C=O) groups is 2. The summed E-state index contributed by atoms with van der Waals surface area (Å²) in [7, 11) is 0. The van der Waals surface area contributed by atoms with Crippen molar-refractivity contribution in [3.8, 4) is 0 Å². The summed E-state index contributed by atoms with van der Waals surface area (Å²) in [4.78, 5) is 30.8. The number of unbranched alkanes of at least 4 members (excludes halogenated alkanes) is 28. The number of hydrogen-bond acceptors (Lipinski definition) is 6. The summed E-state index contributed by atoms with van der Waals surface area (Å²) in [6.07, 6.45) is 49.7. The van der Waals surface area contributed by atoms with Crippen molar-refractivity contribution in [2.24, 2.45) is 0 Å². The van der Waals surface area contributed by atoms with Crippen LogP contribution in [0, 0.1) is 0 Å². The Morgan fingerprint density at radius 3 is 0.877 bits per heavy atom. The molecule has 0 heterocycles. The van der Waals surface area contributed by atoms with E-state index in [1.807, 2.05) is 0 Å². The molecule has 0 radical (unpaired) electrons. The van der Waals surface area contributed by atoms with E-state index in [-0.39, 0.29) is 25.0 Å². The first-order chi connectivity index (χ1) is 31.9. The molecule has 0 spiro atoms. The molecular formula is C57H116N4O4. The van der Waals surface area contributed by atoms with Crippen LogP contribution in [0.4, 0.5) is 0 Å². The Bertz CT molecular complexity index is 867. The van der Waals surface area contributed by atoms with Gasteiger partial charge in [-0.25, -0.2) is 0 Å². The average Bonchev–Trinajstić information content (AvgIpc) is 3.29. The SMILES string of the molecule is CCCCCCCCC(CCCCCCCC)NC(=O)CCCCCCCN(CCCCCCCC(=O)NC(CCCCCCCC)CCCCCCCC)CCCN(CCO)CCO. The minimum atomic E-state index is 0.130. The van der Waals surface area contributed by atoms with E-state index in [9.17, 15) is 19.8 Å². The molecule has 0 aromatic heterocycles. The van der Waals surface area contributed by atoms with Crippen molar-refractivity contribution in [1.29, 1.82) is 0 Å². The molecule has 65 heavy (non-hydrogen) atoms. The molecule has 2 amide bonds. The molecule has 388 valence electrons. The fourth-order valence-electron chi connectivity index (χ4n) is 9.64. The Kier molecular flexibility index (Phi) is 51.2.